The van der Waals surface area contributed by atoms with Crippen LogP contribution in [0.25, 0.3) is 39.4 Å². The minimum Gasteiger partial charge on any atom is -0.298 e. The molecule has 0 aliphatic heterocycles. The third-order valence-corrected chi connectivity index (χ3v) is 9.11. The van der Waals surface area contributed by atoms with Crippen LogP contribution < -0.4 is 0 Å². The highest BCUT2D eigenvalue weighted by molar-refractivity contribution is 5.81. The van der Waals surface area contributed by atoms with Crippen LogP contribution in [-0.4, -0.2) is 24.1 Å². The fourth-order valence-electron chi connectivity index (χ4n) is 6.71. The molecule has 0 amide bonds. The molecule has 0 atom stereocenters. The normalized spacial score (nSPS) is 11.7. The van der Waals surface area contributed by atoms with Gasteiger partial charge in [0, 0.05) is 35.3 Å². The van der Waals surface area contributed by atoms with Crippen molar-refractivity contribution in [2.75, 3.05) is 0 Å². The molecule has 0 aliphatic carbocycles. The van der Waals surface area contributed by atoms with E-state index in [0.29, 0.717) is 0 Å². The Bertz CT molecular complexity index is 2190. The third-order valence-electron chi connectivity index (χ3n) is 9.11. The summed E-state index contributed by atoms with van der Waals surface area (Å²) in [5, 5.41) is 5.55. The molecule has 0 fully saturated rings. The van der Waals surface area contributed by atoms with Crippen molar-refractivity contribution in [1.82, 2.24) is 24.1 Å². The van der Waals surface area contributed by atoms with Crippen LogP contribution in [0.2, 0.25) is 0 Å². The first kappa shape index (κ1) is 29.3. The van der Waals surface area contributed by atoms with E-state index in [1.165, 1.54) is 11.5 Å². The van der Waals surface area contributed by atoms with Gasteiger partial charge in [-0.05, 0) is 52.4 Å². The number of imidazole rings is 1. The topological polar surface area (TPSA) is 48.0 Å². The van der Waals surface area contributed by atoms with Gasteiger partial charge < -0.3 is 0 Å². The lowest BCUT2D eigenvalue weighted by atomic mass is 9.77. The summed E-state index contributed by atoms with van der Waals surface area (Å²) in [5.74, 6) is 1.27. The number of hydrogen-bond acceptors (Lipinski definition) is 3. The van der Waals surface area contributed by atoms with Crippen LogP contribution in [0.5, 0.6) is 0 Å². The molecule has 4 aromatic carbocycles. The summed E-state index contributed by atoms with van der Waals surface area (Å²) in [7, 11) is 0. The second kappa shape index (κ2) is 12.3. The molecular weight excluding hydrogens is 587 g/mol. The molecule has 0 saturated carbocycles. The number of pyridine rings is 2. The van der Waals surface area contributed by atoms with E-state index in [1.54, 1.807) is 0 Å². The number of rotatable bonds is 8. The lowest BCUT2D eigenvalue weighted by Crippen LogP contribution is -2.38. The average molecular weight is 621 g/mol. The number of fused-ring (bicyclic) bond motifs is 1. The highest BCUT2D eigenvalue weighted by Crippen LogP contribution is 2.43. The Labute approximate surface area is 280 Å². The van der Waals surface area contributed by atoms with Crippen molar-refractivity contribution in [3.8, 4) is 33.8 Å². The zero-order chi connectivity index (χ0) is 32.5. The summed E-state index contributed by atoms with van der Waals surface area (Å²) >= 11 is 0. The largest absolute Gasteiger partial charge is 0.298 e. The number of aromatic nitrogens is 5. The molecule has 48 heavy (non-hydrogen) atoms. The van der Waals surface area contributed by atoms with Gasteiger partial charge in [0.05, 0.1) is 17.6 Å². The SMILES string of the molecule is C[C](C)c1ccc(-c2nn(C(c3ccccc3)(c3ccccc3)c3ccccc3)cc2-c2ccc3ncc(-c4ccccn4)n3c2)cc1. The zero-order valence-electron chi connectivity index (χ0n) is 26.9. The molecule has 0 aliphatic rings. The van der Waals surface area contributed by atoms with Crippen LogP contribution in [0.15, 0.2) is 170 Å². The van der Waals surface area contributed by atoms with E-state index < -0.39 is 5.54 Å². The Kier molecular flexibility index (Phi) is 7.50. The Morgan fingerprint density at radius 2 is 1.15 bits per heavy atom. The number of benzene rings is 4. The Hall–Kier alpha value is -6.07. The maximum Gasteiger partial charge on any atom is 0.138 e. The van der Waals surface area contributed by atoms with Crippen molar-refractivity contribution in [3.05, 3.63) is 199 Å². The Morgan fingerprint density at radius 1 is 0.562 bits per heavy atom. The fourth-order valence-corrected chi connectivity index (χ4v) is 6.71. The van der Waals surface area contributed by atoms with Gasteiger partial charge in [0.1, 0.15) is 16.9 Å². The zero-order valence-corrected chi connectivity index (χ0v) is 26.9. The molecule has 1 radical (unpaired) electrons. The van der Waals surface area contributed by atoms with E-state index >= 15 is 0 Å². The summed E-state index contributed by atoms with van der Waals surface area (Å²) in [6.45, 7) is 4.28. The highest BCUT2D eigenvalue weighted by atomic mass is 15.3. The van der Waals surface area contributed by atoms with Crippen molar-refractivity contribution in [1.29, 1.82) is 0 Å². The summed E-state index contributed by atoms with van der Waals surface area (Å²) in [5.41, 5.74) is 10.5. The van der Waals surface area contributed by atoms with E-state index in [-0.39, 0.29) is 0 Å². The summed E-state index contributed by atoms with van der Waals surface area (Å²) < 4.78 is 4.29. The van der Waals surface area contributed by atoms with Crippen molar-refractivity contribution in [2.45, 2.75) is 19.4 Å². The van der Waals surface area contributed by atoms with Gasteiger partial charge in [-0.3, -0.25) is 14.1 Å². The van der Waals surface area contributed by atoms with Crippen molar-refractivity contribution in [3.63, 3.8) is 0 Å². The molecule has 231 valence electrons. The van der Waals surface area contributed by atoms with E-state index in [2.05, 4.69) is 168 Å². The molecule has 4 heterocycles. The lowest BCUT2D eigenvalue weighted by molar-refractivity contribution is 0.461. The maximum absolute atomic E-state index is 5.55. The van der Waals surface area contributed by atoms with E-state index in [1.807, 2.05) is 30.6 Å². The van der Waals surface area contributed by atoms with Gasteiger partial charge in [0.2, 0.25) is 0 Å². The molecule has 8 rings (SSSR count). The molecule has 0 bridgehead atoms. The van der Waals surface area contributed by atoms with Gasteiger partial charge in [-0.25, -0.2) is 4.98 Å². The van der Waals surface area contributed by atoms with Crippen LogP contribution in [0.1, 0.15) is 36.1 Å². The predicted molar refractivity (Wildman–Crippen MR) is 193 cm³/mol. The van der Waals surface area contributed by atoms with Crippen molar-refractivity contribution < 1.29 is 0 Å². The molecule has 0 spiro atoms. The Balaban J connectivity index is 1.43. The van der Waals surface area contributed by atoms with Gasteiger partial charge in [0.15, 0.2) is 0 Å². The van der Waals surface area contributed by atoms with Crippen LogP contribution >= 0.6 is 0 Å². The minimum absolute atomic E-state index is 0.747. The van der Waals surface area contributed by atoms with Gasteiger partial charge >= 0.3 is 0 Å². The predicted octanol–water partition coefficient (Wildman–Crippen LogP) is 9.73. The standard InChI is InChI=1S/C43H34N5/c1-31(2)32-21-23-33(24-22-32)42-38(34-25-26-41-45-28-40(47(41)29-34)39-20-12-13-27-44-39)30-48(46-42)43(35-14-6-3-7-15-35,36-16-8-4-9-17-36)37-18-10-5-11-19-37/h3-30H,1-2H3. The second-order valence-electron chi connectivity index (χ2n) is 12.2. The minimum atomic E-state index is -0.747. The maximum atomic E-state index is 5.55. The first-order chi connectivity index (χ1) is 23.6. The first-order valence-corrected chi connectivity index (χ1v) is 16.2. The molecule has 8 aromatic rings. The van der Waals surface area contributed by atoms with Crippen molar-refractivity contribution in [2.24, 2.45) is 0 Å². The summed E-state index contributed by atoms with van der Waals surface area (Å²) in [6.07, 6.45) is 8.08. The molecule has 0 saturated heterocycles. The monoisotopic (exact) mass is 620 g/mol. The molecular formula is C43H34N5. The van der Waals surface area contributed by atoms with E-state index in [4.69, 9.17) is 10.1 Å². The molecule has 5 nitrogen and oxygen atoms in total. The summed E-state index contributed by atoms with van der Waals surface area (Å²) in [4.78, 5) is 9.32. The van der Waals surface area contributed by atoms with Crippen molar-refractivity contribution >= 4 is 5.65 Å². The van der Waals surface area contributed by atoms with E-state index in [9.17, 15) is 0 Å². The van der Waals surface area contributed by atoms with Crippen LogP contribution in [-0.2, 0) is 5.54 Å². The molecule has 5 heteroatoms. The van der Waals surface area contributed by atoms with Gasteiger partial charge in [-0.1, -0.05) is 135 Å². The van der Waals surface area contributed by atoms with Crippen LogP contribution in [0.3, 0.4) is 0 Å². The van der Waals surface area contributed by atoms with Gasteiger partial charge in [-0.2, -0.15) is 5.10 Å². The smallest absolute Gasteiger partial charge is 0.138 e. The highest BCUT2D eigenvalue weighted by Gasteiger charge is 2.40. The fraction of sp³-hybridized carbons (Fsp3) is 0.0698. The average Bonchev–Trinajstić information content (AvgIpc) is 3.79. The van der Waals surface area contributed by atoms with Crippen LogP contribution in [0, 0.1) is 5.92 Å². The Morgan fingerprint density at radius 3 is 1.71 bits per heavy atom. The lowest BCUT2D eigenvalue weighted by Gasteiger charge is -2.36. The molecule has 0 N–H and O–H groups in total. The second-order valence-corrected chi connectivity index (χ2v) is 12.2. The number of hydrogen-bond donors (Lipinski definition) is 0. The molecule has 4 aromatic heterocycles. The quantitative estimate of drug-likeness (QED) is 0.159. The van der Waals surface area contributed by atoms with E-state index in [0.717, 1.165) is 56.1 Å². The number of nitrogens with zero attached hydrogens (tertiary/aromatic N) is 5. The van der Waals surface area contributed by atoms with Gasteiger partial charge in [0.25, 0.3) is 0 Å². The van der Waals surface area contributed by atoms with Crippen LogP contribution in [0.4, 0.5) is 0 Å². The molecule has 0 unspecified atom stereocenters. The van der Waals surface area contributed by atoms with Gasteiger partial charge in [-0.15, -0.1) is 0 Å². The third kappa shape index (κ3) is 5.01. The summed E-state index contributed by atoms with van der Waals surface area (Å²) in [6, 6.07) is 50.9. The first-order valence-electron chi connectivity index (χ1n) is 16.2.